The van der Waals surface area contributed by atoms with Crippen LogP contribution < -0.4 is 0 Å². The standard InChI is InChI=1S/C33H47N3O2/c1-34(2)32(20-25-10-5-3-6-11-25)33(38)35(24-26-12-7-4-8-13-26)18-19-36-29-16-17-30(36)22-28(21-29)27-14-9-15-31(37)23-27/h3,5-6,9-11,14-15,23,26,28-30,32,37H,4,7-8,12-13,16-22,24H2,1-2H3/t28-,29+,30-,32-/m0/s1. The first kappa shape index (κ1) is 27.2. The maximum Gasteiger partial charge on any atom is 0.240 e. The number of phenols is 1. The van der Waals surface area contributed by atoms with Crippen LogP contribution in [0, 0.1) is 5.92 Å². The van der Waals surface area contributed by atoms with E-state index in [2.05, 4.69) is 59.1 Å². The van der Waals surface area contributed by atoms with E-state index in [4.69, 9.17) is 0 Å². The average molecular weight is 518 g/mol. The zero-order valence-corrected chi connectivity index (χ0v) is 23.5. The van der Waals surface area contributed by atoms with Crippen molar-refractivity contribution in [2.45, 2.75) is 88.3 Å². The van der Waals surface area contributed by atoms with E-state index in [-0.39, 0.29) is 6.04 Å². The van der Waals surface area contributed by atoms with Gasteiger partial charge in [-0.1, -0.05) is 61.7 Å². The Morgan fingerprint density at radius 1 is 0.947 bits per heavy atom. The van der Waals surface area contributed by atoms with Crippen molar-refractivity contribution < 1.29 is 9.90 Å². The number of hydrogen-bond donors (Lipinski definition) is 1. The molecule has 1 N–H and O–H groups in total. The normalized spacial score (nSPS) is 25.0. The number of benzene rings is 2. The SMILES string of the molecule is CN(C)[C@@H](Cc1ccccc1)C(=O)N(CCN1[C@@H]2CC[C@H]1C[C@@H](c1cccc(O)c1)C2)CC1CCCCC1. The molecule has 3 aliphatic rings. The quantitative estimate of drug-likeness (QED) is 0.440. The number of aromatic hydroxyl groups is 1. The topological polar surface area (TPSA) is 47.0 Å². The molecule has 5 heteroatoms. The molecule has 4 atom stereocenters. The molecule has 2 bridgehead atoms. The molecule has 0 aromatic heterocycles. The van der Waals surface area contributed by atoms with Crippen LogP contribution in [0.3, 0.4) is 0 Å². The molecule has 1 amide bonds. The third-order valence-corrected chi connectivity index (χ3v) is 9.55. The van der Waals surface area contributed by atoms with Gasteiger partial charge >= 0.3 is 0 Å². The van der Waals surface area contributed by atoms with Crippen LogP contribution in [-0.4, -0.2) is 77.6 Å². The highest BCUT2D eigenvalue weighted by molar-refractivity contribution is 5.82. The third kappa shape index (κ3) is 6.60. The monoisotopic (exact) mass is 517 g/mol. The molecular formula is C33H47N3O2. The fraction of sp³-hybridized carbons (Fsp3) is 0.606. The Hall–Kier alpha value is -2.37. The first-order chi connectivity index (χ1) is 18.5. The number of hydrogen-bond acceptors (Lipinski definition) is 4. The van der Waals surface area contributed by atoms with Crippen LogP contribution in [0.15, 0.2) is 54.6 Å². The molecule has 3 fully saturated rings. The minimum Gasteiger partial charge on any atom is -0.508 e. The van der Waals surface area contributed by atoms with Gasteiger partial charge in [0.25, 0.3) is 0 Å². The smallest absolute Gasteiger partial charge is 0.240 e. The van der Waals surface area contributed by atoms with Gasteiger partial charge < -0.3 is 10.0 Å². The molecule has 2 aliphatic heterocycles. The highest BCUT2D eigenvalue weighted by Crippen LogP contribution is 2.43. The van der Waals surface area contributed by atoms with Gasteiger partial charge in [0.05, 0.1) is 6.04 Å². The van der Waals surface area contributed by atoms with Crippen molar-refractivity contribution in [1.82, 2.24) is 14.7 Å². The Balaban J connectivity index is 1.26. The molecule has 5 rings (SSSR count). The fourth-order valence-electron chi connectivity index (χ4n) is 7.44. The summed E-state index contributed by atoms with van der Waals surface area (Å²) >= 11 is 0. The molecule has 0 radical (unpaired) electrons. The largest absolute Gasteiger partial charge is 0.508 e. The van der Waals surface area contributed by atoms with Crippen LogP contribution in [-0.2, 0) is 11.2 Å². The lowest BCUT2D eigenvalue weighted by Gasteiger charge is -2.41. The van der Waals surface area contributed by atoms with E-state index in [0.717, 1.165) is 38.9 Å². The van der Waals surface area contributed by atoms with Gasteiger partial charge in [-0.3, -0.25) is 14.6 Å². The van der Waals surface area contributed by atoms with Crippen LogP contribution in [0.5, 0.6) is 5.75 Å². The van der Waals surface area contributed by atoms with E-state index >= 15 is 0 Å². The molecule has 206 valence electrons. The Morgan fingerprint density at radius 3 is 2.32 bits per heavy atom. The number of phenolic OH excluding ortho intramolecular Hbond substituents is 1. The molecule has 2 aromatic carbocycles. The highest BCUT2D eigenvalue weighted by atomic mass is 16.3. The summed E-state index contributed by atoms with van der Waals surface area (Å²) in [5.74, 6) is 1.84. The second-order valence-corrected chi connectivity index (χ2v) is 12.3. The summed E-state index contributed by atoms with van der Waals surface area (Å²) in [6, 6.07) is 19.4. The third-order valence-electron chi connectivity index (χ3n) is 9.55. The van der Waals surface area contributed by atoms with Crippen molar-refractivity contribution in [3.63, 3.8) is 0 Å². The van der Waals surface area contributed by atoms with E-state index < -0.39 is 0 Å². The van der Waals surface area contributed by atoms with Crippen molar-refractivity contribution in [1.29, 1.82) is 0 Å². The number of fused-ring (bicyclic) bond motifs is 2. The number of piperidine rings is 1. The van der Waals surface area contributed by atoms with Gasteiger partial charge in [-0.2, -0.15) is 0 Å². The Bertz CT molecular complexity index is 1020. The zero-order valence-electron chi connectivity index (χ0n) is 23.5. The maximum atomic E-state index is 14.1. The lowest BCUT2D eigenvalue weighted by molar-refractivity contribution is -0.137. The van der Waals surface area contributed by atoms with Gasteiger partial charge in [-0.05, 0) is 94.1 Å². The summed E-state index contributed by atoms with van der Waals surface area (Å²) in [5.41, 5.74) is 2.51. The number of likely N-dealkylation sites (N-methyl/N-ethyl adjacent to an activating group) is 1. The molecule has 0 spiro atoms. The lowest BCUT2D eigenvalue weighted by Crippen LogP contribution is -2.52. The Labute approximate surface area is 229 Å². The van der Waals surface area contributed by atoms with Gasteiger partial charge in [0, 0.05) is 31.7 Å². The maximum absolute atomic E-state index is 14.1. The van der Waals surface area contributed by atoms with Crippen LogP contribution in [0.4, 0.5) is 0 Å². The predicted molar refractivity (Wildman–Crippen MR) is 154 cm³/mol. The Kier molecular flexibility index (Phi) is 9.06. The summed E-state index contributed by atoms with van der Waals surface area (Å²) in [7, 11) is 4.10. The van der Waals surface area contributed by atoms with Crippen LogP contribution in [0.1, 0.15) is 74.8 Å². The van der Waals surface area contributed by atoms with Crippen molar-refractivity contribution in [3.8, 4) is 5.75 Å². The number of carbonyl (C=O) groups excluding carboxylic acids is 1. The van der Waals surface area contributed by atoms with Crippen molar-refractivity contribution in [3.05, 3.63) is 65.7 Å². The highest BCUT2D eigenvalue weighted by Gasteiger charge is 2.41. The van der Waals surface area contributed by atoms with Gasteiger partial charge in [-0.15, -0.1) is 0 Å². The van der Waals surface area contributed by atoms with Crippen LogP contribution in [0.25, 0.3) is 0 Å². The molecule has 2 saturated heterocycles. The van der Waals surface area contributed by atoms with Crippen molar-refractivity contribution in [2.24, 2.45) is 5.92 Å². The summed E-state index contributed by atoms with van der Waals surface area (Å²) < 4.78 is 0. The van der Waals surface area contributed by atoms with Gasteiger partial charge in [0.2, 0.25) is 5.91 Å². The zero-order chi connectivity index (χ0) is 26.5. The number of rotatable bonds is 10. The van der Waals surface area contributed by atoms with Gasteiger partial charge in [-0.25, -0.2) is 0 Å². The molecule has 2 heterocycles. The van der Waals surface area contributed by atoms with E-state index in [9.17, 15) is 9.90 Å². The van der Waals surface area contributed by atoms with E-state index in [1.807, 2.05) is 18.2 Å². The first-order valence-corrected chi connectivity index (χ1v) is 15.0. The average Bonchev–Trinajstić information content (AvgIpc) is 3.16. The molecule has 5 nitrogen and oxygen atoms in total. The minimum atomic E-state index is -0.130. The van der Waals surface area contributed by atoms with Crippen LogP contribution >= 0.6 is 0 Å². The van der Waals surface area contributed by atoms with Gasteiger partial charge in [0.15, 0.2) is 0 Å². The fourth-order valence-corrected chi connectivity index (χ4v) is 7.44. The predicted octanol–water partition coefficient (Wildman–Crippen LogP) is 5.68. The number of amides is 1. The molecule has 2 aromatic rings. The molecule has 1 aliphatic carbocycles. The minimum absolute atomic E-state index is 0.130. The number of nitrogens with zero attached hydrogens (tertiary/aromatic N) is 3. The van der Waals surface area contributed by atoms with Crippen LogP contribution in [0.2, 0.25) is 0 Å². The van der Waals surface area contributed by atoms with E-state index in [0.29, 0.717) is 35.6 Å². The Morgan fingerprint density at radius 2 is 1.66 bits per heavy atom. The first-order valence-electron chi connectivity index (χ1n) is 15.0. The molecule has 0 unspecified atom stereocenters. The molecule has 38 heavy (non-hydrogen) atoms. The van der Waals surface area contributed by atoms with E-state index in [1.54, 1.807) is 6.07 Å². The lowest BCUT2D eigenvalue weighted by atomic mass is 9.85. The van der Waals surface area contributed by atoms with Crippen molar-refractivity contribution >= 4 is 5.91 Å². The second-order valence-electron chi connectivity index (χ2n) is 12.3. The molecule has 1 saturated carbocycles. The summed E-state index contributed by atoms with van der Waals surface area (Å²) in [6.45, 7) is 2.72. The van der Waals surface area contributed by atoms with E-state index in [1.165, 1.54) is 56.1 Å². The summed E-state index contributed by atoms with van der Waals surface area (Å²) in [5, 5.41) is 10.0. The van der Waals surface area contributed by atoms with Crippen molar-refractivity contribution in [2.75, 3.05) is 33.7 Å². The molecular weight excluding hydrogens is 470 g/mol. The summed E-state index contributed by atoms with van der Waals surface area (Å²) in [6.07, 6.45) is 12.1. The van der Waals surface area contributed by atoms with Gasteiger partial charge in [0.1, 0.15) is 5.75 Å². The second kappa shape index (κ2) is 12.7. The number of carbonyl (C=O) groups is 1. The summed E-state index contributed by atoms with van der Waals surface area (Å²) in [4.78, 5) is 21.2.